The number of amides is 1. The zero-order valence-electron chi connectivity index (χ0n) is 37.9. The van der Waals surface area contributed by atoms with Crippen LogP contribution in [0.4, 0.5) is 0 Å². The van der Waals surface area contributed by atoms with E-state index in [9.17, 15) is 28.0 Å². The third kappa shape index (κ3) is 43.0. The molecular formula is C49H97NO6S. The summed E-state index contributed by atoms with van der Waals surface area (Å²) in [6.07, 6.45) is 50.9. The third-order valence-electron chi connectivity index (χ3n) is 11.8. The van der Waals surface area contributed by atoms with Crippen molar-refractivity contribution in [3.63, 3.8) is 0 Å². The highest BCUT2D eigenvalue weighted by Gasteiger charge is 2.28. The van der Waals surface area contributed by atoms with Crippen LogP contribution in [0.1, 0.15) is 271 Å². The molecule has 340 valence electrons. The Balaban J connectivity index is 3.86. The number of allylic oxidation sites excluding steroid dienone is 2. The van der Waals surface area contributed by atoms with Gasteiger partial charge in [0.25, 0.3) is 10.1 Å². The average Bonchev–Trinajstić information content (AvgIpc) is 3.18. The van der Waals surface area contributed by atoms with Crippen LogP contribution >= 0.6 is 0 Å². The van der Waals surface area contributed by atoms with E-state index >= 15 is 0 Å². The van der Waals surface area contributed by atoms with E-state index in [2.05, 4.69) is 31.3 Å². The van der Waals surface area contributed by atoms with Gasteiger partial charge in [0.1, 0.15) is 6.10 Å². The van der Waals surface area contributed by atoms with E-state index in [-0.39, 0.29) is 0 Å². The number of hydrogen-bond donors (Lipinski definition) is 4. The maximum atomic E-state index is 12.7. The Kier molecular flexibility index (Phi) is 42.4. The fourth-order valence-corrected chi connectivity index (χ4v) is 8.75. The highest BCUT2D eigenvalue weighted by molar-refractivity contribution is 7.85. The number of aliphatic hydroxyl groups excluding tert-OH is 2. The molecule has 0 saturated heterocycles. The molecule has 0 aliphatic carbocycles. The highest BCUT2D eigenvalue weighted by Crippen LogP contribution is 2.17. The monoisotopic (exact) mass is 828 g/mol. The van der Waals surface area contributed by atoms with Gasteiger partial charge in [-0.25, -0.2) is 0 Å². The SMILES string of the molecule is CCCCCCCCCCCCC/C=C\CCCCCCCCC(O)C(=O)NC(CS(=O)(=O)O)C(O)CCCCCCCCCCCCCCCCCCCCC. The number of nitrogens with one attached hydrogen (secondary N) is 1. The lowest BCUT2D eigenvalue weighted by Crippen LogP contribution is -2.50. The van der Waals surface area contributed by atoms with Gasteiger partial charge < -0.3 is 15.5 Å². The molecule has 57 heavy (non-hydrogen) atoms. The van der Waals surface area contributed by atoms with Gasteiger partial charge in [-0.2, -0.15) is 8.42 Å². The molecule has 3 unspecified atom stereocenters. The van der Waals surface area contributed by atoms with E-state index in [1.54, 1.807) is 0 Å². The second-order valence-electron chi connectivity index (χ2n) is 17.6. The summed E-state index contributed by atoms with van der Waals surface area (Å²) in [6, 6.07) is -1.15. The lowest BCUT2D eigenvalue weighted by atomic mass is 10.0. The lowest BCUT2D eigenvalue weighted by molar-refractivity contribution is -0.131. The van der Waals surface area contributed by atoms with Crippen molar-refractivity contribution in [1.82, 2.24) is 5.32 Å². The van der Waals surface area contributed by atoms with Gasteiger partial charge in [0, 0.05) is 0 Å². The van der Waals surface area contributed by atoms with Gasteiger partial charge in [-0.15, -0.1) is 0 Å². The molecule has 0 fully saturated rings. The zero-order valence-corrected chi connectivity index (χ0v) is 38.7. The molecule has 1 amide bonds. The van der Waals surface area contributed by atoms with Crippen LogP contribution in [0, 0.1) is 0 Å². The van der Waals surface area contributed by atoms with Crippen molar-refractivity contribution in [2.75, 3.05) is 5.75 Å². The van der Waals surface area contributed by atoms with Crippen molar-refractivity contribution in [2.24, 2.45) is 0 Å². The molecule has 0 aliphatic rings. The summed E-state index contributed by atoms with van der Waals surface area (Å²) in [6.45, 7) is 4.55. The van der Waals surface area contributed by atoms with Crippen LogP contribution in [-0.2, 0) is 14.9 Å². The number of carbonyl (C=O) groups excluding carboxylic acids is 1. The van der Waals surface area contributed by atoms with E-state index in [4.69, 9.17) is 0 Å². The molecule has 4 N–H and O–H groups in total. The predicted octanol–water partition coefficient (Wildman–Crippen LogP) is 14.3. The Bertz CT molecular complexity index is 973. The molecule has 0 rings (SSSR count). The van der Waals surface area contributed by atoms with Crippen LogP contribution in [0.15, 0.2) is 12.2 Å². The Morgan fingerprint density at radius 3 is 1.05 bits per heavy atom. The van der Waals surface area contributed by atoms with E-state index < -0.39 is 40.0 Å². The quantitative estimate of drug-likeness (QED) is 0.0275. The van der Waals surface area contributed by atoms with E-state index in [1.165, 1.54) is 186 Å². The van der Waals surface area contributed by atoms with Gasteiger partial charge in [-0.1, -0.05) is 244 Å². The minimum atomic E-state index is -4.41. The molecule has 0 aromatic rings. The largest absolute Gasteiger partial charge is 0.391 e. The number of aliphatic hydroxyl groups is 2. The predicted molar refractivity (Wildman–Crippen MR) is 246 cm³/mol. The molecule has 0 aliphatic heterocycles. The van der Waals surface area contributed by atoms with Gasteiger partial charge in [0.05, 0.1) is 17.9 Å². The second kappa shape index (κ2) is 43.1. The van der Waals surface area contributed by atoms with E-state index in [0.717, 1.165) is 51.4 Å². The molecule has 0 radical (unpaired) electrons. The van der Waals surface area contributed by atoms with Gasteiger partial charge in [0.15, 0.2) is 0 Å². The van der Waals surface area contributed by atoms with Gasteiger partial charge in [-0.3, -0.25) is 9.35 Å². The van der Waals surface area contributed by atoms with Crippen LogP contribution in [-0.4, -0.2) is 53.1 Å². The number of hydrogen-bond acceptors (Lipinski definition) is 5. The summed E-state index contributed by atoms with van der Waals surface area (Å²) < 4.78 is 32.8. The maximum Gasteiger partial charge on any atom is 0.266 e. The highest BCUT2D eigenvalue weighted by atomic mass is 32.2. The van der Waals surface area contributed by atoms with Crippen molar-refractivity contribution in [2.45, 2.75) is 289 Å². The minimum absolute atomic E-state index is 0.293. The number of carbonyl (C=O) groups is 1. The normalized spacial score (nSPS) is 13.7. The van der Waals surface area contributed by atoms with Crippen molar-refractivity contribution in [3.05, 3.63) is 12.2 Å². The standard InChI is InChI=1S/C49H97NO6S/c1-3-5-7-9-11-13-15-17-19-21-23-24-26-28-30-32-34-36-38-40-42-44-48(52)49(53)50-46(45-57(54,55)56)47(51)43-41-39-37-35-33-31-29-27-25-22-20-18-16-14-12-10-8-6-4-2/h26,28,46-48,51-52H,3-25,27,29-45H2,1-2H3,(H,50,53)(H,54,55,56)/b28-26-. The van der Waals surface area contributed by atoms with Crippen LogP contribution in [0.3, 0.4) is 0 Å². The first-order valence-corrected chi connectivity index (χ1v) is 26.6. The van der Waals surface area contributed by atoms with Gasteiger partial charge in [0.2, 0.25) is 5.91 Å². The Labute approximate surface area is 354 Å². The van der Waals surface area contributed by atoms with Crippen molar-refractivity contribution in [3.8, 4) is 0 Å². The smallest absolute Gasteiger partial charge is 0.266 e. The fraction of sp³-hybridized carbons (Fsp3) is 0.939. The van der Waals surface area contributed by atoms with Crippen molar-refractivity contribution < 1.29 is 28.0 Å². The van der Waals surface area contributed by atoms with Gasteiger partial charge in [-0.05, 0) is 38.5 Å². The Morgan fingerprint density at radius 2 is 0.737 bits per heavy atom. The molecular weight excluding hydrogens is 731 g/mol. The first kappa shape index (κ1) is 56.0. The minimum Gasteiger partial charge on any atom is -0.391 e. The summed E-state index contributed by atoms with van der Waals surface area (Å²) in [7, 11) is -4.41. The Morgan fingerprint density at radius 1 is 0.456 bits per heavy atom. The lowest BCUT2D eigenvalue weighted by Gasteiger charge is -2.24. The summed E-state index contributed by atoms with van der Waals surface area (Å²) in [4.78, 5) is 12.7. The molecule has 0 aromatic carbocycles. The molecule has 0 bridgehead atoms. The molecule has 3 atom stereocenters. The van der Waals surface area contributed by atoms with Crippen molar-refractivity contribution in [1.29, 1.82) is 0 Å². The maximum absolute atomic E-state index is 12.7. The summed E-state index contributed by atoms with van der Waals surface area (Å²) in [5.74, 6) is -1.45. The Hall–Kier alpha value is -0.960. The van der Waals surface area contributed by atoms with Crippen LogP contribution < -0.4 is 5.32 Å². The van der Waals surface area contributed by atoms with Crippen molar-refractivity contribution >= 4 is 16.0 Å². The van der Waals surface area contributed by atoms with E-state index in [1.807, 2.05) is 0 Å². The summed E-state index contributed by atoms with van der Waals surface area (Å²) >= 11 is 0. The summed E-state index contributed by atoms with van der Waals surface area (Å²) in [5.41, 5.74) is 0. The van der Waals surface area contributed by atoms with Gasteiger partial charge >= 0.3 is 0 Å². The summed E-state index contributed by atoms with van der Waals surface area (Å²) in [5, 5.41) is 23.7. The van der Waals surface area contributed by atoms with Crippen LogP contribution in [0.2, 0.25) is 0 Å². The molecule has 0 aromatic heterocycles. The van der Waals surface area contributed by atoms with E-state index in [0.29, 0.717) is 19.3 Å². The first-order valence-electron chi connectivity index (χ1n) is 25.0. The number of rotatable bonds is 46. The molecule has 8 heteroatoms. The van der Waals surface area contributed by atoms with Crippen LogP contribution in [0.25, 0.3) is 0 Å². The second-order valence-corrected chi connectivity index (χ2v) is 19.1. The van der Waals surface area contributed by atoms with Crippen LogP contribution in [0.5, 0.6) is 0 Å². The molecule has 7 nitrogen and oxygen atoms in total. The topological polar surface area (TPSA) is 124 Å². The first-order chi connectivity index (χ1) is 27.7. The average molecular weight is 828 g/mol. The number of unbranched alkanes of at least 4 members (excludes halogenated alkanes) is 35. The molecule has 0 saturated carbocycles. The molecule has 0 spiro atoms. The molecule has 0 heterocycles. The fourth-order valence-electron chi connectivity index (χ4n) is 7.99. The third-order valence-corrected chi connectivity index (χ3v) is 12.6. The zero-order chi connectivity index (χ0) is 41.9.